The highest BCUT2D eigenvalue weighted by Gasteiger charge is 2.22. The molecule has 3 rings (SSSR count). The van der Waals surface area contributed by atoms with Gasteiger partial charge in [-0.25, -0.2) is 8.78 Å². The van der Waals surface area contributed by atoms with Gasteiger partial charge in [0.2, 0.25) is 0 Å². The van der Waals surface area contributed by atoms with Gasteiger partial charge in [0.05, 0.1) is 13.2 Å². The van der Waals surface area contributed by atoms with Gasteiger partial charge in [-0.15, -0.1) is 0 Å². The summed E-state index contributed by atoms with van der Waals surface area (Å²) in [5.74, 6) is -0.524. The zero-order valence-electron chi connectivity index (χ0n) is 13.2. The largest absolute Gasteiger partial charge is 0.497 e. The van der Waals surface area contributed by atoms with E-state index in [4.69, 9.17) is 17.0 Å². The molecule has 1 unspecified atom stereocenters. The predicted molar refractivity (Wildman–Crippen MR) is 94.4 cm³/mol. The van der Waals surface area contributed by atoms with E-state index in [0.717, 1.165) is 30.6 Å². The van der Waals surface area contributed by atoms with Gasteiger partial charge >= 0.3 is 0 Å². The number of fused-ring (bicyclic) bond motifs is 1. The normalized spacial score (nSPS) is 16.2. The summed E-state index contributed by atoms with van der Waals surface area (Å²) in [7, 11) is 1.64. The third-order valence-electron chi connectivity index (χ3n) is 4.17. The molecule has 0 bridgehead atoms. The van der Waals surface area contributed by atoms with Crippen LogP contribution in [0.2, 0.25) is 0 Å². The van der Waals surface area contributed by atoms with Gasteiger partial charge in [-0.3, -0.25) is 0 Å². The maximum atomic E-state index is 13.7. The summed E-state index contributed by atoms with van der Waals surface area (Å²) in [6.07, 6.45) is 2.89. The Bertz CT molecular complexity index is 746. The van der Waals surface area contributed by atoms with Crippen LogP contribution in [0.1, 0.15) is 30.0 Å². The number of thiocarbonyl (C=S) groups is 1. The van der Waals surface area contributed by atoms with E-state index in [-0.39, 0.29) is 16.8 Å². The van der Waals surface area contributed by atoms with E-state index < -0.39 is 11.6 Å². The number of benzene rings is 2. The van der Waals surface area contributed by atoms with Gasteiger partial charge in [-0.2, -0.15) is 0 Å². The van der Waals surface area contributed by atoms with Crippen molar-refractivity contribution in [3.8, 4) is 5.75 Å². The number of halogens is 2. The molecule has 0 saturated carbocycles. The molecule has 0 amide bonds. The maximum absolute atomic E-state index is 13.7. The Morgan fingerprint density at radius 2 is 1.96 bits per heavy atom. The first-order valence-corrected chi connectivity index (χ1v) is 8.17. The van der Waals surface area contributed by atoms with Crippen molar-refractivity contribution in [2.75, 3.05) is 12.4 Å². The summed E-state index contributed by atoms with van der Waals surface area (Å²) in [6.45, 7) is 0. The summed E-state index contributed by atoms with van der Waals surface area (Å²) < 4.78 is 32.7. The van der Waals surface area contributed by atoms with Gasteiger partial charge in [0.15, 0.2) is 5.11 Å². The fourth-order valence-electron chi connectivity index (χ4n) is 2.99. The second kappa shape index (κ2) is 7.13. The zero-order valence-corrected chi connectivity index (χ0v) is 14.1. The van der Waals surface area contributed by atoms with E-state index in [1.165, 1.54) is 23.8 Å². The van der Waals surface area contributed by atoms with Crippen LogP contribution >= 0.6 is 12.2 Å². The zero-order chi connectivity index (χ0) is 17.1. The number of ether oxygens (including phenoxy) is 1. The molecule has 6 heteroatoms. The van der Waals surface area contributed by atoms with Crippen molar-refractivity contribution in [3.05, 3.63) is 59.2 Å². The van der Waals surface area contributed by atoms with Crippen molar-refractivity contribution >= 4 is 23.0 Å². The third-order valence-corrected chi connectivity index (χ3v) is 4.39. The van der Waals surface area contributed by atoms with Gasteiger partial charge in [0.25, 0.3) is 0 Å². The fraction of sp³-hybridized carbons (Fsp3) is 0.278. The van der Waals surface area contributed by atoms with Crippen LogP contribution in [0.15, 0.2) is 36.4 Å². The minimum absolute atomic E-state index is 0.00879. The van der Waals surface area contributed by atoms with Crippen LogP contribution in [0, 0.1) is 11.6 Å². The summed E-state index contributed by atoms with van der Waals surface area (Å²) in [5, 5.41) is 5.99. The van der Waals surface area contributed by atoms with Crippen molar-refractivity contribution in [1.82, 2.24) is 5.32 Å². The topological polar surface area (TPSA) is 33.3 Å². The second-order valence-electron chi connectivity index (χ2n) is 5.70. The molecule has 1 atom stereocenters. The Morgan fingerprint density at radius 1 is 1.21 bits per heavy atom. The van der Waals surface area contributed by atoms with Gasteiger partial charge < -0.3 is 15.4 Å². The van der Waals surface area contributed by atoms with E-state index >= 15 is 0 Å². The van der Waals surface area contributed by atoms with Gasteiger partial charge in [-0.05, 0) is 66.9 Å². The number of anilines is 1. The first-order chi connectivity index (χ1) is 11.6. The van der Waals surface area contributed by atoms with Crippen molar-refractivity contribution in [3.63, 3.8) is 0 Å². The Morgan fingerprint density at radius 3 is 2.67 bits per heavy atom. The predicted octanol–water partition coefficient (Wildman–Crippen LogP) is 4.34. The van der Waals surface area contributed by atoms with Gasteiger partial charge in [-0.1, -0.05) is 12.1 Å². The molecule has 0 fully saturated rings. The third kappa shape index (κ3) is 3.48. The van der Waals surface area contributed by atoms with Crippen LogP contribution in [-0.2, 0) is 6.42 Å². The highest BCUT2D eigenvalue weighted by Crippen LogP contribution is 2.32. The SMILES string of the molecule is COc1ccc2c(c1)CCCC2NC(=S)Nc1c(F)cccc1F. The first-order valence-electron chi connectivity index (χ1n) is 7.77. The molecule has 24 heavy (non-hydrogen) atoms. The standard InChI is InChI=1S/C18H18F2N2OS/c1-23-12-8-9-13-11(10-12)4-2-7-16(13)21-18(24)22-17-14(19)5-3-6-15(17)20/h3,5-6,8-10,16H,2,4,7H2,1H3,(H2,21,22,24). The molecule has 2 N–H and O–H groups in total. The average Bonchev–Trinajstić information content (AvgIpc) is 2.58. The summed E-state index contributed by atoms with van der Waals surface area (Å²) >= 11 is 5.23. The van der Waals surface area contributed by atoms with E-state index in [0.29, 0.717) is 0 Å². The molecule has 1 aliphatic rings. The van der Waals surface area contributed by atoms with Crippen molar-refractivity contribution in [2.24, 2.45) is 0 Å². The molecule has 0 spiro atoms. The number of para-hydroxylation sites is 1. The van der Waals surface area contributed by atoms with Crippen LogP contribution in [0.5, 0.6) is 5.75 Å². The van der Waals surface area contributed by atoms with Crippen LogP contribution < -0.4 is 15.4 Å². The number of hydrogen-bond acceptors (Lipinski definition) is 2. The van der Waals surface area contributed by atoms with E-state index in [9.17, 15) is 8.78 Å². The first kappa shape index (κ1) is 16.6. The maximum Gasteiger partial charge on any atom is 0.171 e. The summed E-state index contributed by atoms with van der Waals surface area (Å²) in [4.78, 5) is 0. The van der Waals surface area contributed by atoms with Crippen LogP contribution in [-0.4, -0.2) is 12.2 Å². The highest BCUT2D eigenvalue weighted by molar-refractivity contribution is 7.80. The van der Waals surface area contributed by atoms with Crippen molar-refractivity contribution in [2.45, 2.75) is 25.3 Å². The number of hydrogen-bond donors (Lipinski definition) is 2. The molecule has 0 heterocycles. The molecule has 1 aliphatic carbocycles. The molecule has 0 radical (unpaired) electrons. The Kier molecular flexibility index (Phi) is 4.94. The van der Waals surface area contributed by atoms with Gasteiger partial charge in [0.1, 0.15) is 23.1 Å². The molecule has 0 saturated heterocycles. The number of aryl methyl sites for hydroxylation is 1. The molecule has 0 aromatic heterocycles. The number of rotatable bonds is 3. The van der Waals surface area contributed by atoms with Crippen molar-refractivity contribution in [1.29, 1.82) is 0 Å². The summed E-state index contributed by atoms with van der Waals surface area (Å²) in [6, 6.07) is 9.65. The molecule has 126 valence electrons. The molecule has 3 nitrogen and oxygen atoms in total. The minimum atomic E-state index is -0.673. The van der Waals surface area contributed by atoms with E-state index in [1.54, 1.807) is 7.11 Å². The molecule has 2 aromatic rings. The Balaban J connectivity index is 1.74. The second-order valence-corrected chi connectivity index (χ2v) is 6.11. The fourth-order valence-corrected chi connectivity index (χ4v) is 3.24. The van der Waals surface area contributed by atoms with Gasteiger partial charge in [0, 0.05) is 0 Å². The number of methoxy groups -OCH3 is 1. The Hall–Kier alpha value is -2.21. The van der Waals surface area contributed by atoms with Crippen LogP contribution in [0.25, 0.3) is 0 Å². The molecular formula is C18H18F2N2OS. The average molecular weight is 348 g/mol. The van der Waals surface area contributed by atoms with Crippen LogP contribution in [0.3, 0.4) is 0 Å². The van der Waals surface area contributed by atoms with Crippen molar-refractivity contribution < 1.29 is 13.5 Å². The monoisotopic (exact) mass is 348 g/mol. The lowest BCUT2D eigenvalue weighted by Crippen LogP contribution is -2.34. The van der Waals surface area contributed by atoms with E-state index in [2.05, 4.69) is 10.6 Å². The molecule has 0 aliphatic heterocycles. The highest BCUT2D eigenvalue weighted by atomic mass is 32.1. The Labute approximate surface area is 145 Å². The lowest BCUT2D eigenvalue weighted by Gasteiger charge is -2.28. The molecule has 2 aromatic carbocycles. The smallest absolute Gasteiger partial charge is 0.171 e. The lowest BCUT2D eigenvalue weighted by atomic mass is 9.87. The lowest BCUT2D eigenvalue weighted by molar-refractivity contribution is 0.412. The quantitative estimate of drug-likeness (QED) is 0.809. The van der Waals surface area contributed by atoms with E-state index in [1.807, 2.05) is 18.2 Å². The summed E-state index contributed by atoms with van der Waals surface area (Å²) in [5.41, 5.74) is 2.11. The van der Waals surface area contributed by atoms with Crippen LogP contribution in [0.4, 0.5) is 14.5 Å². The minimum Gasteiger partial charge on any atom is -0.497 e. The number of nitrogens with one attached hydrogen (secondary N) is 2. The molecular weight excluding hydrogens is 330 g/mol.